The standard InChI is InChI=1S/C21H36O8/c1-18(2,3)27-15(23)10-21(13-26-14-22,11-16(24)28-19(4,5)6)12-17(25)29-20(7,8)9/h14H,10-13H2,1-9H3. The van der Waals surface area contributed by atoms with Gasteiger partial charge < -0.3 is 18.9 Å². The van der Waals surface area contributed by atoms with E-state index in [4.69, 9.17) is 18.9 Å². The van der Waals surface area contributed by atoms with E-state index in [1.807, 2.05) is 0 Å². The third-order valence-corrected chi connectivity index (χ3v) is 3.28. The molecule has 29 heavy (non-hydrogen) atoms. The van der Waals surface area contributed by atoms with Gasteiger partial charge in [-0.1, -0.05) is 0 Å². The van der Waals surface area contributed by atoms with Crippen LogP contribution in [0.4, 0.5) is 0 Å². The summed E-state index contributed by atoms with van der Waals surface area (Å²) in [6.07, 6.45) is -0.968. The fourth-order valence-electron chi connectivity index (χ4n) is 2.60. The molecular weight excluding hydrogens is 380 g/mol. The van der Waals surface area contributed by atoms with E-state index in [1.54, 1.807) is 62.3 Å². The molecule has 0 aromatic heterocycles. The van der Waals surface area contributed by atoms with Crippen molar-refractivity contribution in [3.8, 4) is 0 Å². The van der Waals surface area contributed by atoms with E-state index < -0.39 is 40.1 Å². The average Bonchev–Trinajstić information content (AvgIpc) is 2.37. The second-order valence-electron chi connectivity index (χ2n) is 10.2. The first kappa shape index (κ1) is 26.9. The molecule has 0 fully saturated rings. The maximum Gasteiger partial charge on any atom is 0.307 e. The summed E-state index contributed by atoms with van der Waals surface area (Å²) in [5.41, 5.74) is -3.63. The van der Waals surface area contributed by atoms with E-state index in [2.05, 4.69) is 0 Å². The molecule has 0 rings (SSSR count). The molecule has 0 aromatic carbocycles. The van der Waals surface area contributed by atoms with E-state index in [0.717, 1.165) is 0 Å². The molecule has 0 N–H and O–H groups in total. The Labute approximate surface area is 173 Å². The molecule has 0 spiro atoms. The molecular formula is C21H36O8. The van der Waals surface area contributed by atoms with Crippen molar-refractivity contribution in [3.05, 3.63) is 0 Å². The molecule has 0 aliphatic rings. The van der Waals surface area contributed by atoms with Gasteiger partial charge in [0.25, 0.3) is 6.47 Å². The van der Waals surface area contributed by atoms with Crippen LogP contribution in [0.15, 0.2) is 0 Å². The zero-order chi connectivity index (χ0) is 23.1. The van der Waals surface area contributed by atoms with E-state index >= 15 is 0 Å². The molecule has 0 aliphatic heterocycles. The quantitative estimate of drug-likeness (QED) is 0.320. The van der Waals surface area contributed by atoms with Crippen molar-refractivity contribution in [2.75, 3.05) is 6.61 Å². The van der Waals surface area contributed by atoms with Gasteiger partial charge in [-0.3, -0.25) is 19.2 Å². The van der Waals surface area contributed by atoms with Crippen LogP contribution in [-0.2, 0) is 38.1 Å². The van der Waals surface area contributed by atoms with Crippen LogP contribution in [0.1, 0.15) is 81.6 Å². The summed E-state index contributed by atoms with van der Waals surface area (Å²) in [7, 11) is 0. The summed E-state index contributed by atoms with van der Waals surface area (Å²) in [6, 6.07) is 0. The lowest BCUT2D eigenvalue weighted by Crippen LogP contribution is -2.40. The monoisotopic (exact) mass is 416 g/mol. The first-order chi connectivity index (χ1) is 12.9. The second kappa shape index (κ2) is 10.1. The Morgan fingerprint density at radius 2 is 0.897 bits per heavy atom. The van der Waals surface area contributed by atoms with Crippen LogP contribution in [0.2, 0.25) is 0 Å². The first-order valence-corrected chi connectivity index (χ1v) is 9.57. The number of esters is 3. The topological polar surface area (TPSA) is 105 Å². The minimum absolute atomic E-state index is 0.202. The number of carbonyl (C=O) groups excluding carboxylic acids is 4. The lowest BCUT2D eigenvalue weighted by molar-refractivity contribution is -0.170. The number of ether oxygens (including phenoxy) is 4. The smallest absolute Gasteiger partial charge is 0.307 e. The Kier molecular flexibility index (Phi) is 9.34. The van der Waals surface area contributed by atoms with Crippen molar-refractivity contribution < 1.29 is 38.1 Å². The van der Waals surface area contributed by atoms with Crippen LogP contribution in [0, 0.1) is 5.41 Å². The average molecular weight is 417 g/mol. The van der Waals surface area contributed by atoms with Crippen molar-refractivity contribution in [1.29, 1.82) is 0 Å². The summed E-state index contributed by atoms with van der Waals surface area (Å²) in [5, 5.41) is 0. The highest BCUT2D eigenvalue weighted by Crippen LogP contribution is 2.35. The molecule has 0 bridgehead atoms. The van der Waals surface area contributed by atoms with Crippen molar-refractivity contribution >= 4 is 24.4 Å². The van der Waals surface area contributed by atoms with E-state index in [1.165, 1.54) is 0 Å². The van der Waals surface area contributed by atoms with E-state index in [0.29, 0.717) is 0 Å². The molecule has 0 amide bonds. The fraction of sp³-hybridized carbons (Fsp3) is 0.810. The van der Waals surface area contributed by atoms with Crippen molar-refractivity contribution in [2.24, 2.45) is 5.41 Å². The number of hydrogen-bond donors (Lipinski definition) is 0. The molecule has 8 heteroatoms. The second-order valence-corrected chi connectivity index (χ2v) is 10.2. The van der Waals surface area contributed by atoms with Crippen molar-refractivity contribution in [1.82, 2.24) is 0 Å². The van der Waals surface area contributed by atoms with Crippen molar-refractivity contribution in [2.45, 2.75) is 98.4 Å². The Bertz CT molecular complexity index is 513. The molecule has 0 saturated carbocycles. The lowest BCUT2D eigenvalue weighted by Gasteiger charge is -2.33. The Morgan fingerprint density at radius 3 is 1.10 bits per heavy atom. The normalized spacial score (nSPS) is 12.7. The fourth-order valence-corrected chi connectivity index (χ4v) is 2.60. The van der Waals surface area contributed by atoms with E-state index in [-0.39, 0.29) is 32.3 Å². The first-order valence-electron chi connectivity index (χ1n) is 9.57. The maximum atomic E-state index is 12.5. The Balaban J connectivity index is 5.79. The van der Waals surface area contributed by atoms with Crippen LogP contribution in [-0.4, -0.2) is 47.8 Å². The van der Waals surface area contributed by atoms with Crippen LogP contribution in [0.25, 0.3) is 0 Å². The summed E-state index contributed by atoms with van der Waals surface area (Å²) >= 11 is 0. The van der Waals surface area contributed by atoms with Gasteiger partial charge in [0.05, 0.1) is 25.9 Å². The van der Waals surface area contributed by atoms with Gasteiger partial charge in [0.1, 0.15) is 16.8 Å². The van der Waals surface area contributed by atoms with Gasteiger partial charge in [0, 0.05) is 5.41 Å². The predicted octanol–water partition coefficient (Wildman–Crippen LogP) is 3.34. The van der Waals surface area contributed by atoms with Gasteiger partial charge in [-0.05, 0) is 62.3 Å². The summed E-state index contributed by atoms with van der Waals surface area (Å²) in [4.78, 5) is 48.3. The van der Waals surface area contributed by atoms with Crippen LogP contribution >= 0.6 is 0 Å². The minimum Gasteiger partial charge on any atom is -0.467 e. The van der Waals surface area contributed by atoms with Crippen LogP contribution in [0.3, 0.4) is 0 Å². The lowest BCUT2D eigenvalue weighted by atomic mass is 9.78. The minimum atomic E-state index is -1.35. The predicted molar refractivity (Wildman–Crippen MR) is 106 cm³/mol. The van der Waals surface area contributed by atoms with Gasteiger partial charge in [-0.2, -0.15) is 0 Å². The molecule has 168 valence electrons. The number of hydrogen-bond acceptors (Lipinski definition) is 8. The van der Waals surface area contributed by atoms with Gasteiger partial charge in [-0.15, -0.1) is 0 Å². The molecule has 0 aliphatic carbocycles. The highest BCUT2D eigenvalue weighted by atomic mass is 16.6. The Morgan fingerprint density at radius 1 is 0.621 bits per heavy atom. The van der Waals surface area contributed by atoms with Gasteiger partial charge in [-0.25, -0.2) is 0 Å². The van der Waals surface area contributed by atoms with Gasteiger partial charge in [0.2, 0.25) is 0 Å². The third kappa shape index (κ3) is 13.7. The molecule has 0 radical (unpaired) electrons. The van der Waals surface area contributed by atoms with Crippen LogP contribution < -0.4 is 0 Å². The summed E-state index contributed by atoms with van der Waals surface area (Å²) < 4.78 is 20.9. The third-order valence-electron chi connectivity index (χ3n) is 3.28. The molecule has 0 atom stereocenters. The maximum absolute atomic E-state index is 12.5. The highest BCUT2D eigenvalue weighted by Gasteiger charge is 2.42. The SMILES string of the molecule is CC(C)(C)OC(=O)CC(COC=O)(CC(=O)OC(C)(C)C)CC(=O)OC(C)(C)C. The van der Waals surface area contributed by atoms with Crippen molar-refractivity contribution in [3.63, 3.8) is 0 Å². The van der Waals surface area contributed by atoms with Crippen LogP contribution in [0.5, 0.6) is 0 Å². The number of rotatable bonds is 9. The highest BCUT2D eigenvalue weighted by molar-refractivity contribution is 5.78. The molecule has 0 unspecified atom stereocenters. The largest absolute Gasteiger partial charge is 0.467 e. The summed E-state index contributed by atoms with van der Waals surface area (Å²) in [5.74, 6) is -1.88. The Hall–Kier alpha value is -2.12. The van der Waals surface area contributed by atoms with Gasteiger partial charge in [0.15, 0.2) is 0 Å². The number of carbonyl (C=O) groups is 4. The zero-order valence-corrected chi connectivity index (χ0v) is 19.2. The molecule has 0 heterocycles. The molecule has 8 nitrogen and oxygen atoms in total. The molecule has 0 saturated heterocycles. The summed E-state index contributed by atoms with van der Waals surface area (Å²) in [6.45, 7) is 15.2. The zero-order valence-electron chi connectivity index (χ0n) is 19.2. The van der Waals surface area contributed by atoms with E-state index in [9.17, 15) is 19.2 Å². The molecule has 0 aromatic rings. The van der Waals surface area contributed by atoms with Gasteiger partial charge >= 0.3 is 17.9 Å².